The summed E-state index contributed by atoms with van der Waals surface area (Å²) in [5.74, 6) is 1.11. The van der Waals surface area contributed by atoms with Crippen molar-refractivity contribution >= 4 is 10.8 Å². The van der Waals surface area contributed by atoms with E-state index in [0.29, 0.717) is 6.61 Å². The van der Waals surface area contributed by atoms with Crippen LogP contribution >= 0.6 is 0 Å². The van der Waals surface area contributed by atoms with Crippen LogP contribution in [0, 0.1) is 5.82 Å². The molecule has 0 N–H and O–H groups in total. The zero-order valence-electron chi connectivity index (χ0n) is 16.7. The van der Waals surface area contributed by atoms with Gasteiger partial charge in [0.15, 0.2) is 0 Å². The maximum Gasteiger partial charge on any atom is 0.134 e. The van der Waals surface area contributed by atoms with Gasteiger partial charge >= 0.3 is 0 Å². The van der Waals surface area contributed by atoms with Crippen LogP contribution in [0.4, 0.5) is 4.39 Å². The minimum atomic E-state index is -0.0418. The van der Waals surface area contributed by atoms with Crippen LogP contribution in [0.5, 0.6) is 5.75 Å². The Morgan fingerprint density at radius 2 is 1.96 bits per heavy atom. The first kappa shape index (κ1) is 18.7. The lowest BCUT2D eigenvalue weighted by Gasteiger charge is -2.26. The molecule has 0 heterocycles. The highest BCUT2D eigenvalue weighted by molar-refractivity contribution is 5.84. The van der Waals surface area contributed by atoms with Crippen LogP contribution in [0.25, 0.3) is 10.8 Å². The van der Waals surface area contributed by atoms with Crippen molar-refractivity contribution in [2.24, 2.45) is 0 Å². The van der Waals surface area contributed by atoms with Crippen molar-refractivity contribution < 1.29 is 9.13 Å². The fourth-order valence-electron chi connectivity index (χ4n) is 4.22. The predicted molar refractivity (Wildman–Crippen MR) is 115 cm³/mol. The summed E-state index contributed by atoms with van der Waals surface area (Å²) in [5.41, 5.74) is 4.76. The molecule has 1 unspecified atom stereocenters. The topological polar surface area (TPSA) is 9.23 Å². The van der Waals surface area contributed by atoms with Crippen LogP contribution in [0.1, 0.15) is 48.4 Å². The molecule has 2 heteroatoms. The molecule has 3 aromatic carbocycles. The van der Waals surface area contributed by atoms with Gasteiger partial charge in [0.2, 0.25) is 0 Å². The lowest BCUT2D eigenvalue weighted by atomic mass is 9.79. The van der Waals surface area contributed by atoms with Gasteiger partial charge in [0.1, 0.15) is 18.2 Å². The first-order chi connectivity index (χ1) is 13.7. The van der Waals surface area contributed by atoms with Crippen molar-refractivity contribution in [2.45, 2.75) is 45.4 Å². The highest BCUT2D eigenvalue weighted by Gasteiger charge is 2.23. The number of halogens is 1. The number of hydrogen-bond acceptors (Lipinski definition) is 1. The minimum Gasteiger partial charge on any atom is -0.490 e. The summed E-state index contributed by atoms with van der Waals surface area (Å²) in [7, 11) is 0. The molecular formula is C26H27FO. The summed E-state index contributed by atoms with van der Waals surface area (Å²) >= 11 is 0. The van der Waals surface area contributed by atoms with Crippen LogP contribution < -0.4 is 4.74 Å². The molecular weight excluding hydrogens is 347 g/mol. The Morgan fingerprint density at radius 1 is 1.07 bits per heavy atom. The van der Waals surface area contributed by atoms with Gasteiger partial charge in [0, 0.05) is 5.39 Å². The summed E-state index contributed by atoms with van der Waals surface area (Å²) in [4.78, 5) is 0. The summed E-state index contributed by atoms with van der Waals surface area (Å²) < 4.78 is 21.0. The number of benzene rings is 3. The number of ether oxygens (including phenoxy) is 1. The van der Waals surface area contributed by atoms with Crippen molar-refractivity contribution in [1.82, 2.24) is 0 Å². The first-order valence-corrected chi connectivity index (χ1v) is 10.3. The highest BCUT2D eigenvalue weighted by Crippen LogP contribution is 2.37. The van der Waals surface area contributed by atoms with Crippen molar-refractivity contribution in [1.29, 1.82) is 0 Å². The number of rotatable bonds is 5. The van der Waals surface area contributed by atoms with Crippen molar-refractivity contribution in [3.8, 4) is 5.75 Å². The Morgan fingerprint density at radius 3 is 2.79 bits per heavy atom. The van der Waals surface area contributed by atoms with Crippen LogP contribution in [0.15, 0.2) is 60.7 Å². The lowest BCUT2D eigenvalue weighted by molar-refractivity contribution is 0.361. The molecule has 0 spiro atoms. The summed E-state index contributed by atoms with van der Waals surface area (Å²) in [5, 5.41) is 1.74. The second kappa shape index (κ2) is 8.18. The quantitative estimate of drug-likeness (QED) is 0.448. The average molecular weight is 374 g/mol. The molecule has 0 radical (unpaired) electrons. The van der Waals surface area contributed by atoms with E-state index in [9.17, 15) is 0 Å². The van der Waals surface area contributed by atoms with Gasteiger partial charge < -0.3 is 4.74 Å². The van der Waals surface area contributed by atoms with Gasteiger partial charge in [-0.2, -0.15) is 0 Å². The number of hydrogen-bond donors (Lipinski definition) is 0. The molecule has 28 heavy (non-hydrogen) atoms. The maximum atomic E-state index is 15.3. The molecule has 144 valence electrons. The third-order valence-electron chi connectivity index (χ3n) is 5.88. The van der Waals surface area contributed by atoms with Gasteiger partial charge in [-0.3, -0.25) is 0 Å². The van der Waals surface area contributed by atoms with Gasteiger partial charge in [-0.1, -0.05) is 55.5 Å². The molecule has 3 aromatic rings. The van der Waals surface area contributed by atoms with Crippen molar-refractivity contribution in [3.05, 3.63) is 88.8 Å². The smallest absolute Gasteiger partial charge is 0.134 e. The van der Waals surface area contributed by atoms with E-state index in [2.05, 4.69) is 31.2 Å². The fourth-order valence-corrected chi connectivity index (χ4v) is 4.22. The van der Waals surface area contributed by atoms with Crippen LogP contribution in [0.3, 0.4) is 0 Å². The fraction of sp³-hybridized carbons (Fsp3) is 0.308. The van der Waals surface area contributed by atoms with Gasteiger partial charge in [0.05, 0.1) is 0 Å². The standard InChI is InChI=1S/C26H27FO/c1-3-5-14-28-23-11-9-19-16-22(8-7-20(19)17-23)25-13-10-21-15-18(4-2)6-12-24(21)26(25)27/h3,5-6,9-13,15,17,22H,4,7-8,14,16H2,1-2H3. The lowest BCUT2D eigenvalue weighted by Crippen LogP contribution is -2.14. The monoisotopic (exact) mass is 374 g/mol. The summed E-state index contributed by atoms with van der Waals surface area (Å²) in [6.07, 6.45) is 7.79. The van der Waals surface area contributed by atoms with Crippen LogP contribution in [-0.4, -0.2) is 6.61 Å². The Bertz CT molecular complexity index is 1020. The van der Waals surface area contributed by atoms with E-state index < -0.39 is 0 Å². The van der Waals surface area contributed by atoms with Crippen LogP contribution in [-0.2, 0) is 19.3 Å². The first-order valence-electron chi connectivity index (χ1n) is 10.3. The second-order valence-electron chi connectivity index (χ2n) is 7.63. The Balaban J connectivity index is 1.58. The van der Waals surface area contributed by atoms with Gasteiger partial charge in [-0.05, 0) is 78.3 Å². The van der Waals surface area contributed by atoms with E-state index in [-0.39, 0.29) is 11.7 Å². The summed E-state index contributed by atoms with van der Waals surface area (Å²) in [6.45, 7) is 4.72. The molecule has 1 aliphatic rings. The second-order valence-corrected chi connectivity index (χ2v) is 7.63. The highest BCUT2D eigenvalue weighted by atomic mass is 19.1. The van der Waals surface area contributed by atoms with E-state index in [1.54, 1.807) is 0 Å². The number of allylic oxidation sites excluding steroid dienone is 1. The molecule has 1 aliphatic carbocycles. The third-order valence-corrected chi connectivity index (χ3v) is 5.88. The SMILES string of the molecule is CC=CCOc1ccc2c(c1)CCC(c1ccc3cc(CC)ccc3c1F)C2. The maximum absolute atomic E-state index is 15.3. The van der Waals surface area contributed by atoms with Crippen LogP contribution in [0.2, 0.25) is 0 Å². The molecule has 0 aliphatic heterocycles. The zero-order valence-corrected chi connectivity index (χ0v) is 16.7. The molecule has 4 rings (SSSR count). The normalized spacial score (nSPS) is 16.5. The molecule has 1 atom stereocenters. The number of fused-ring (bicyclic) bond motifs is 2. The number of aryl methyl sites for hydroxylation is 2. The average Bonchev–Trinajstić information content (AvgIpc) is 2.73. The Kier molecular flexibility index (Phi) is 5.47. The van der Waals surface area contributed by atoms with Crippen molar-refractivity contribution in [2.75, 3.05) is 6.61 Å². The Hall–Kier alpha value is -2.61. The van der Waals surface area contributed by atoms with E-state index in [0.717, 1.165) is 47.8 Å². The molecule has 0 amide bonds. The third kappa shape index (κ3) is 3.69. The molecule has 0 bridgehead atoms. The predicted octanol–water partition coefficient (Wildman–Crippen LogP) is 6.77. The zero-order chi connectivity index (χ0) is 19.5. The molecule has 0 saturated heterocycles. The van der Waals surface area contributed by atoms with Gasteiger partial charge in [-0.25, -0.2) is 4.39 Å². The summed E-state index contributed by atoms with van der Waals surface area (Å²) in [6, 6.07) is 16.5. The van der Waals surface area contributed by atoms with E-state index >= 15 is 4.39 Å². The minimum absolute atomic E-state index is 0.0418. The molecule has 0 fully saturated rings. The van der Waals surface area contributed by atoms with E-state index in [1.165, 1.54) is 16.7 Å². The molecule has 0 saturated carbocycles. The molecule has 0 aromatic heterocycles. The van der Waals surface area contributed by atoms with Gasteiger partial charge in [0.25, 0.3) is 0 Å². The van der Waals surface area contributed by atoms with Crippen molar-refractivity contribution in [3.63, 3.8) is 0 Å². The van der Waals surface area contributed by atoms with E-state index in [1.807, 2.05) is 43.3 Å². The Labute approximate surface area is 166 Å². The van der Waals surface area contributed by atoms with E-state index in [4.69, 9.17) is 4.74 Å². The molecule has 1 nitrogen and oxygen atoms in total. The largest absolute Gasteiger partial charge is 0.490 e. The van der Waals surface area contributed by atoms with Gasteiger partial charge in [-0.15, -0.1) is 0 Å².